The lowest BCUT2D eigenvalue weighted by atomic mass is 10.1. The first kappa shape index (κ1) is 12.2. The van der Waals surface area contributed by atoms with Crippen LogP contribution in [0.2, 0.25) is 0 Å². The number of aryl methyl sites for hydroxylation is 1. The lowest BCUT2D eigenvalue weighted by Crippen LogP contribution is -2.23. The van der Waals surface area contributed by atoms with Gasteiger partial charge in [0.2, 0.25) is 6.23 Å². The van der Waals surface area contributed by atoms with Gasteiger partial charge in [-0.15, -0.1) is 4.91 Å². The summed E-state index contributed by atoms with van der Waals surface area (Å²) in [5.41, 5.74) is 1.80. The number of nitroso groups, excluding NO2 is 1. The Morgan fingerprint density at radius 1 is 1.38 bits per heavy atom. The van der Waals surface area contributed by atoms with Gasteiger partial charge in [0.05, 0.1) is 5.29 Å². The third-order valence-corrected chi connectivity index (χ3v) is 2.11. The molecule has 1 aromatic carbocycles. The van der Waals surface area contributed by atoms with E-state index in [1.165, 1.54) is 14.0 Å². The van der Waals surface area contributed by atoms with Crippen molar-refractivity contribution < 1.29 is 9.53 Å². The highest BCUT2D eigenvalue weighted by Gasteiger charge is 2.19. The number of hydrogen-bond acceptors (Lipinski definition) is 4. The van der Waals surface area contributed by atoms with E-state index < -0.39 is 12.2 Å². The third kappa shape index (κ3) is 3.05. The van der Waals surface area contributed by atoms with E-state index in [0.29, 0.717) is 5.56 Å². The molecule has 0 bridgehead atoms. The van der Waals surface area contributed by atoms with Crippen molar-refractivity contribution in [2.75, 3.05) is 7.05 Å². The molecule has 0 fully saturated rings. The molecule has 0 aromatic heterocycles. The van der Waals surface area contributed by atoms with Crippen LogP contribution in [0.5, 0.6) is 0 Å². The second kappa shape index (κ2) is 5.25. The van der Waals surface area contributed by atoms with Gasteiger partial charge in [0.25, 0.3) is 0 Å². The molecule has 0 heterocycles. The predicted molar refractivity (Wildman–Crippen MR) is 59.2 cm³/mol. The molecule has 1 aromatic rings. The first-order valence-corrected chi connectivity index (χ1v) is 4.84. The van der Waals surface area contributed by atoms with Crippen molar-refractivity contribution in [3.05, 3.63) is 40.3 Å². The van der Waals surface area contributed by atoms with Crippen molar-refractivity contribution in [1.82, 2.24) is 5.01 Å². The van der Waals surface area contributed by atoms with Crippen LogP contribution in [0.15, 0.2) is 29.6 Å². The summed E-state index contributed by atoms with van der Waals surface area (Å²) in [6.45, 7) is 3.24. The van der Waals surface area contributed by atoms with Gasteiger partial charge in [-0.25, -0.2) is 5.01 Å². The minimum atomic E-state index is -0.768. The van der Waals surface area contributed by atoms with Crippen LogP contribution in [0.1, 0.15) is 24.3 Å². The number of carbonyl (C=O) groups excluding carboxylic acids is 1. The van der Waals surface area contributed by atoms with Crippen LogP contribution < -0.4 is 0 Å². The second-order valence-corrected chi connectivity index (χ2v) is 3.53. The Kier molecular flexibility index (Phi) is 3.99. The first-order valence-electron chi connectivity index (χ1n) is 4.84. The topological polar surface area (TPSA) is 59.0 Å². The zero-order chi connectivity index (χ0) is 12.1. The van der Waals surface area contributed by atoms with Crippen LogP contribution in [0.3, 0.4) is 0 Å². The van der Waals surface area contributed by atoms with Crippen LogP contribution in [-0.4, -0.2) is 18.0 Å². The fourth-order valence-electron chi connectivity index (χ4n) is 1.29. The molecule has 0 N–H and O–H groups in total. The Labute approximate surface area is 94.0 Å². The van der Waals surface area contributed by atoms with Crippen molar-refractivity contribution in [3.63, 3.8) is 0 Å². The average Bonchev–Trinajstić information content (AvgIpc) is 2.26. The molecule has 1 rings (SSSR count). The molecule has 1 atom stereocenters. The average molecular weight is 222 g/mol. The Morgan fingerprint density at radius 3 is 2.38 bits per heavy atom. The van der Waals surface area contributed by atoms with E-state index in [9.17, 15) is 9.70 Å². The molecule has 16 heavy (non-hydrogen) atoms. The SMILES string of the molecule is CC(=O)OC(c1ccc(C)cc1)N(C)N=O. The molecule has 0 aliphatic rings. The summed E-state index contributed by atoms with van der Waals surface area (Å²) < 4.78 is 5.02. The summed E-state index contributed by atoms with van der Waals surface area (Å²) in [7, 11) is 1.46. The normalized spacial score (nSPS) is 11.7. The van der Waals surface area contributed by atoms with Gasteiger partial charge in [0.15, 0.2) is 0 Å². The van der Waals surface area contributed by atoms with Gasteiger partial charge >= 0.3 is 5.97 Å². The summed E-state index contributed by atoms with van der Waals surface area (Å²) in [5.74, 6) is -0.457. The van der Waals surface area contributed by atoms with Gasteiger partial charge in [-0.1, -0.05) is 29.8 Å². The molecule has 5 heteroatoms. The van der Waals surface area contributed by atoms with Crippen molar-refractivity contribution in [3.8, 4) is 0 Å². The lowest BCUT2D eigenvalue weighted by molar-refractivity contribution is -0.156. The zero-order valence-corrected chi connectivity index (χ0v) is 9.51. The molecule has 0 spiro atoms. The number of nitrogens with zero attached hydrogens (tertiary/aromatic N) is 2. The molecule has 5 nitrogen and oxygen atoms in total. The number of hydrogen-bond donors (Lipinski definition) is 0. The quantitative estimate of drug-likeness (QED) is 0.339. The highest BCUT2D eigenvalue weighted by atomic mass is 16.6. The third-order valence-electron chi connectivity index (χ3n) is 2.11. The Bertz CT molecular complexity index is 375. The second-order valence-electron chi connectivity index (χ2n) is 3.53. The predicted octanol–water partition coefficient (Wildman–Crippen LogP) is 2.17. The minimum Gasteiger partial charge on any atom is -0.436 e. The molecule has 0 saturated heterocycles. The zero-order valence-electron chi connectivity index (χ0n) is 9.51. The molecule has 86 valence electrons. The van der Waals surface area contributed by atoms with E-state index in [0.717, 1.165) is 10.6 Å². The van der Waals surface area contributed by atoms with Crippen molar-refractivity contribution in [1.29, 1.82) is 0 Å². The van der Waals surface area contributed by atoms with Gasteiger partial charge in [-0.05, 0) is 6.92 Å². The standard InChI is InChI=1S/C11H14N2O3/c1-8-4-6-10(7-5-8)11(13(3)12-15)16-9(2)14/h4-7,11H,1-3H3. The number of ether oxygens (including phenoxy) is 1. The van der Waals surface area contributed by atoms with Gasteiger partial charge in [-0.2, -0.15) is 0 Å². The van der Waals surface area contributed by atoms with E-state index in [2.05, 4.69) is 5.29 Å². The maximum atomic E-state index is 10.9. The van der Waals surface area contributed by atoms with Crippen molar-refractivity contribution in [2.24, 2.45) is 5.29 Å². The Balaban J connectivity index is 2.95. The van der Waals surface area contributed by atoms with Gasteiger partial charge in [0.1, 0.15) is 0 Å². The maximum absolute atomic E-state index is 10.9. The number of benzene rings is 1. The molecule has 0 saturated carbocycles. The van der Waals surface area contributed by atoms with Gasteiger partial charge < -0.3 is 4.74 Å². The van der Waals surface area contributed by atoms with E-state index in [-0.39, 0.29) is 0 Å². The van der Waals surface area contributed by atoms with Crippen molar-refractivity contribution in [2.45, 2.75) is 20.1 Å². The van der Waals surface area contributed by atoms with Crippen LogP contribution in [0.4, 0.5) is 0 Å². The van der Waals surface area contributed by atoms with Gasteiger partial charge in [0, 0.05) is 19.5 Å². The fourth-order valence-corrected chi connectivity index (χ4v) is 1.29. The smallest absolute Gasteiger partial charge is 0.304 e. The van der Waals surface area contributed by atoms with E-state index in [4.69, 9.17) is 4.74 Å². The van der Waals surface area contributed by atoms with Crippen LogP contribution in [0, 0.1) is 11.8 Å². The number of carbonyl (C=O) groups is 1. The highest BCUT2D eigenvalue weighted by Crippen LogP contribution is 2.21. The van der Waals surface area contributed by atoms with Crippen LogP contribution in [-0.2, 0) is 9.53 Å². The first-order chi connectivity index (χ1) is 7.54. The van der Waals surface area contributed by atoms with E-state index >= 15 is 0 Å². The van der Waals surface area contributed by atoms with Crippen LogP contribution in [0.25, 0.3) is 0 Å². The molecule has 0 aliphatic carbocycles. The summed E-state index contributed by atoms with van der Waals surface area (Å²) in [5, 5.41) is 3.81. The molecular weight excluding hydrogens is 208 g/mol. The maximum Gasteiger partial charge on any atom is 0.304 e. The summed E-state index contributed by atoms with van der Waals surface area (Å²) in [6, 6.07) is 7.35. The summed E-state index contributed by atoms with van der Waals surface area (Å²) in [6.07, 6.45) is -0.768. The number of esters is 1. The van der Waals surface area contributed by atoms with Gasteiger partial charge in [-0.3, -0.25) is 4.79 Å². The summed E-state index contributed by atoms with van der Waals surface area (Å²) in [4.78, 5) is 21.4. The van der Waals surface area contributed by atoms with Crippen LogP contribution >= 0.6 is 0 Å². The molecule has 0 aliphatic heterocycles. The Morgan fingerprint density at radius 2 is 1.94 bits per heavy atom. The van der Waals surface area contributed by atoms with E-state index in [1.54, 1.807) is 12.1 Å². The number of rotatable bonds is 4. The Hall–Kier alpha value is -1.91. The molecule has 0 radical (unpaired) electrons. The largest absolute Gasteiger partial charge is 0.436 e. The molecule has 1 unspecified atom stereocenters. The van der Waals surface area contributed by atoms with E-state index in [1.807, 2.05) is 19.1 Å². The monoisotopic (exact) mass is 222 g/mol. The minimum absolute atomic E-state index is 0.457. The highest BCUT2D eigenvalue weighted by molar-refractivity contribution is 5.66. The lowest BCUT2D eigenvalue weighted by Gasteiger charge is -2.22. The fraction of sp³-hybridized carbons (Fsp3) is 0.364. The molecule has 0 amide bonds. The van der Waals surface area contributed by atoms with Crippen molar-refractivity contribution >= 4 is 5.97 Å². The summed E-state index contributed by atoms with van der Waals surface area (Å²) >= 11 is 0. The molecular formula is C11H14N2O3.